The van der Waals surface area contributed by atoms with Crippen molar-refractivity contribution in [1.82, 2.24) is 10.2 Å². The molecule has 0 aliphatic rings. The quantitative estimate of drug-likeness (QED) is 0.780. The molecule has 1 rings (SSSR count). The van der Waals surface area contributed by atoms with Crippen LogP contribution >= 0.6 is 15.9 Å². The van der Waals surface area contributed by atoms with Crippen LogP contribution < -0.4 is 10.1 Å². The predicted octanol–water partition coefficient (Wildman–Crippen LogP) is 2.20. The maximum absolute atomic E-state index is 11.6. The molecule has 1 aromatic carbocycles. The molecule has 106 valence electrons. The zero-order chi connectivity index (χ0) is 14.3. The molecule has 0 saturated carbocycles. The molecule has 0 bridgehead atoms. The van der Waals surface area contributed by atoms with Gasteiger partial charge in [-0.2, -0.15) is 0 Å². The van der Waals surface area contributed by atoms with Crippen LogP contribution in [0.3, 0.4) is 0 Å². The maximum Gasteiger partial charge on any atom is 0.257 e. The van der Waals surface area contributed by atoms with Gasteiger partial charge in [-0.15, -0.1) is 0 Å². The summed E-state index contributed by atoms with van der Waals surface area (Å²) in [5, 5.41) is 2.83. The Hall–Kier alpha value is -1.07. The van der Waals surface area contributed by atoms with Crippen molar-refractivity contribution in [3.8, 4) is 5.75 Å². The van der Waals surface area contributed by atoms with Crippen molar-refractivity contribution >= 4 is 21.8 Å². The van der Waals surface area contributed by atoms with E-state index in [2.05, 4.69) is 26.1 Å². The molecule has 0 spiro atoms. The Labute approximate surface area is 123 Å². The van der Waals surface area contributed by atoms with E-state index in [4.69, 9.17) is 4.74 Å². The zero-order valence-corrected chi connectivity index (χ0v) is 13.3. The second-order valence-electron chi connectivity index (χ2n) is 4.71. The minimum absolute atomic E-state index is 0.0586. The summed E-state index contributed by atoms with van der Waals surface area (Å²) in [4.78, 5) is 13.6. The van der Waals surface area contributed by atoms with Crippen LogP contribution in [0.4, 0.5) is 0 Å². The third-order valence-electron chi connectivity index (χ3n) is 2.60. The normalized spacial score (nSPS) is 10.6. The smallest absolute Gasteiger partial charge is 0.257 e. The van der Waals surface area contributed by atoms with Gasteiger partial charge in [0.25, 0.3) is 5.91 Å². The minimum atomic E-state index is -0.0840. The average Bonchev–Trinajstić information content (AvgIpc) is 2.36. The predicted molar refractivity (Wildman–Crippen MR) is 80.6 cm³/mol. The number of carbonyl (C=O) groups excluding carboxylic acids is 1. The highest BCUT2D eigenvalue weighted by Gasteiger charge is 2.03. The first-order valence-electron chi connectivity index (χ1n) is 6.29. The van der Waals surface area contributed by atoms with Gasteiger partial charge in [-0.1, -0.05) is 15.9 Å². The average molecular weight is 329 g/mol. The largest absolute Gasteiger partial charge is 0.484 e. The fraction of sp³-hybridized carbons (Fsp3) is 0.500. The number of amides is 1. The Morgan fingerprint density at radius 2 is 2.16 bits per heavy atom. The Morgan fingerprint density at radius 3 is 2.79 bits per heavy atom. The van der Waals surface area contributed by atoms with Crippen LogP contribution in [-0.4, -0.2) is 44.6 Å². The van der Waals surface area contributed by atoms with Gasteiger partial charge in [-0.05, 0) is 57.7 Å². The maximum atomic E-state index is 11.6. The van der Waals surface area contributed by atoms with E-state index in [0.717, 1.165) is 23.0 Å². The highest BCUT2D eigenvalue weighted by atomic mass is 79.9. The molecule has 0 aliphatic heterocycles. The molecule has 1 N–H and O–H groups in total. The number of carbonyl (C=O) groups is 1. The van der Waals surface area contributed by atoms with E-state index in [0.29, 0.717) is 12.3 Å². The van der Waals surface area contributed by atoms with E-state index in [9.17, 15) is 4.79 Å². The van der Waals surface area contributed by atoms with Gasteiger partial charge in [-0.25, -0.2) is 0 Å². The molecule has 0 atom stereocenters. The van der Waals surface area contributed by atoms with Crippen LogP contribution in [0.15, 0.2) is 22.7 Å². The lowest BCUT2D eigenvalue weighted by molar-refractivity contribution is -0.123. The zero-order valence-electron chi connectivity index (χ0n) is 11.7. The van der Waals surface area contributed by atoms with Crippen LogP contribution in [-0.2, 0) is 4.79 Å². The highest BCUT2D eigenvalue weighted by Crippen LogP contribution is 2.21. The van der Waals surface area contributed by atoms with Gasteiger partial charge in [0.1, 0.15) is 5.75 Å². The highest BCUT2D eigenvalue weighted by molar-refractivity contribution is 9.10. The number of hydrogen-bond donors (Lipinski definition) is 1. The number of nitrogens with zero attached hydrogens (tertiary/aromatic N) is 1. The molecule has 0 heterocycles. The van der Waals surface area contributed by atoms with Crippen molar-refractivity contribution in [2.24, 2.45) is 0 Å². The molecule has 0 aliphatic carbocycles. The summed E-state index contributed by atoms with van der Waals surface area (Å²) in [6, 6.07) is 5.67. The molecule has 0 radical (unpaired) electrons. The van der Waals surface area contributed by atoms with Gasteiger partial charge in [0, 0.05) is 11.0 Å². The van der Waals surface area contributed by atoms with Crippen molar-refractivity contribution < 1.29 is 9.53 Å². The lowest BCUT2D eigenvalue weighted by Crippen LogP contribution is -2.31. The van der Waals surface area contributed by atoms with E-state index in [1.807, 2.05) is 39.2 Å². The summed E-state index contributed by atoms with van der Waals surface area (Å²) in [6.07, 6.45) is 0.941. The molecule has 0 aromatic heterocycles. The molecule has 0 saturated heterocycles. The topological polar surface area (TPSA) is 41.6 Å². The molecule has 0 unspecified atom stereocenters. The van der Waals surface area contributed by atoms with E-state index < -0.39 is 0 Å². The Balaban J connectivity index is 2.24. The van der Waals surface area contributed by atoms with Gasteiger partial charge in [0.2, 0.25) is 0 Å². The van der Waals surface area contributed by atoms with Gasteiger partial charge >= 0.3 is 0 Å². The van der Waals surface area contributed by atoms with Gasteiger partial charge in [-0.3, -0.25) is 4.79 Å². The summed E-state index contributed by atoms with van der Waals surface area (Å²) in [7, 11) is 4.03. The number of rotatable bonds is 7. The van der Waals surface area contributed by atoms with Crippen molar-refractivity contribution in [1.29, 1.82) is 0 Å². The number of aryl methyl sites for hydroxylation is 1. The summed E-state index contributed by atoms with van der Waals surface area (Å²) in [5.74, 6) is 0.628. The first kappa shape index (κ1) is 16.0. The van der Waals surface area contributed by atoms with E-state index in [1.54, 1.807) is 0 Å². The molecular formula is C14H21BrN2O2. The van der Waals surface area contributed by atoms with Crippen LogP contribution in [0.25, 0.3) is 0 Å². The fourth-order valence-electron chi connectivity index (χ4n) is 1.53. The first-order chi connectivity index (χ1) is 8.99. The summed E-state index contributed by atoms with van der Waals surface area (Å²) >= 11 is 3.42. The van der Waals surface area contributed by atoms with Crippen molar-refractivity contribution in [2.75, 3.05) is 33.8 Å². The van der Waals surface area contributed by atoms with Crippen LogP contribution in [0, 0.1) is 6.92 Å². The summed E-state index contributed by atoms with van der Waals surface area (Å²) in [5.41, 5.74) is 1.09. The van der Waals surface area contributed by atoms with E-state index >= 15 is 0 Å². The van der Waals surface area contributed by atoms with Gasteiger partial charge in [0.15, 0.2) is 6.61 Å². The van der Waals surface area contributed by atoms with Gasteiger partial charge in [0.05, 0.1) is 0 Å². The van der Waals surface area contributed by atoms with Crippen LogP contribution in [0.2, 0.25) is 0 Å². The molecular weight excluding hydrogens is 308 g/mol. The second-order valence-corrected chi connectivity index (χ2v) is 5.56. The number of nitrogens with one attached hydrogen (secondary N) is 1. The van der Waals surface area contributed by atoms with Crippen LogP contribution in [0.1, 0.15) is 12.0 Å². The van der Waals surface area contributed by atoms with Crippen molar-refractivity contribution in [2.45, 2.75) is 13.3 Å². The lowest BCUT2D eigenvalue weighted by Gasteiger charge is -2.11. The Morgan fingerprint density at radius 1 is 1.42 bits per heavy atom. The van der Waals surface area contributed by atoms with Crippen molar-refractivity contribution in [3.63, 3.8) is 0 Å². The summed E-state index contributed by atoms with van der Waals surface area (Å²) in [6.45, 7) is 3.69. The van der Waals surface area contributed by atoms with Crippen LogP contribution in [0.5, 0.6) is 5.75 Å². The van der Waals surface area contributed by atoms with E-state index in [1.165, 1.54) is 0 Å². The SMILES string of the molecule is Cc1cc(OCC(=O)NCCCN(C)C)ccc1Br. The first-order valence-corrected chi connectivity index (χ1v) is 7.08. The second kappa shape index (κ2) is 8.17. The minimum Gasteiger partial charge on any atom is -0.484 e. The Kier molecular flexibility index (Phi) is 6.87. The molecule has 5 heteroatoms. The number of benzene rings is 1. The number of ether oxygens (including phenoxy) is 1. The third-order valence-corrected chi connectivity index (χ3v) is 3.49. The molecule has 19 heavy (non-hydrogen) atoms. The molecule has 0 fully saturated rings. The molecule has 1 aromatic rings. The van der Waals surface area contributed by atoms with E-state index in [-0.39, 0.29) is 12.5 Å². The Bertz CT molecular complexity index is 422. The number of hydrogen-bond acceptors (Lipinski definition) is 3. The van der Waals surface area contributed by atoms with Gasteiger partial charge < -0.3 is 15.0 Å². The molecule has 1 amide bonds. The lowest BCUT2D eigenvalue weighted by atomic mass is 10.2. The molecule has 4 nitrogen and oxygen atoms in total. The number of halogens is 1. The fourth-order valence-corrected chi connectivity index (χ4v) is 1.78. The third kappa shape index (κ3) is 6.59. The monoisotopic (exact) mass is 328 g/mol. The standard InChI is InChI=1S/C14H21BrN2O2/c1-11-9-12(5-6-13(11)15)19-10-14(18)16-7-4-8-17(2)3/h5-6,9H,4,7-8,10H2,1-3H3,(H,16,18). The van der Waals surface area contributed by atoms with Crippen molar-refractivity contribution in [3.05, 3.63) is 28.2 Å². The summed E-state index contributed by atoms with van der Waals surface area (Å²) < 4.78 is 6.47.